The molecule has 0 aromatic heterocycles. The van der Waals surface area contributed by atoms with Gasteiger partial charge in [-0.05, 0) is 54.8 Å². The van der Waals surface area contributed by atoms with E-state index in [1.807, 2.05) is 0 Å². The second-order valence-electron chi connectivity index (χ2n) is 7.29. The highest BCUT2D eigenvalue weighted by Crippen LogP contribution is 2.47. The van der Waals surface area contributed by atoms with Gasteiger partial charge in [-0.2, -0.15) is 0 Å². The molecule has 0 aromatic rings. The molecular formula is C17H32. The van der Waals surface area contributed by atoms with Crippen LogP contribution in [-0.4, -0.2) is 0 Å². The van der Waals surface area contributed by atoms with Gasteiger partial charge >= 0.3 is 0 Å². The Kier molecular flexibility index (Phi) is 4.55. The quantitative estimate of drug-likeness (QED) is 0.592. The van der Waals surface area contributed by atoms with Gasteiger partial charge in [0.1, 0.15) is 0 Å². The standard InChI is InChI=1S/C17H32/c1-12(2)15-9-5-6-10-17(15)16-11-7-8-13(3)14(16)4/h12-17H,5-11H2,1-4H3. The van der Waals surface area contributed by atoms with E-state index in [4.69, 9.17) is 0 Å². The van der Waals surface area contributed by atoms with Gasteiger partial charge in [-0.25, -0.2) is 0 Å². The van der Waals surface area contributed by atoms with E-state index in [0.717, 1.165) is 35.5 Å². The number of rotatable bonds is 2. The van der Waals surface area contributed by atoms with Crippen LogP contribution in [0.3, 0.4) is 0 Å². The van der Waals surface area contributed by atoms with Gasteiger partial charge in [0.25, 0.3) is 0 Å². The van der Waals surface area contributed by atoms with E-state index in [0.29, 0.717) is 0 Å². The molecular weight excluding hydrogens is 204 g/mol. The van der Waals surface area contributed by atoms with Crippen LogP contribution in [0.5, 0.6) is 0 Å². The maximum atomic E-state index is 2.54. The third-order valence-electron chi connectivity index (χ3n) is 6.05. The summed E-state index contributed by atoms with van der Waals surface area (Å²) < 4.78 is 0. The molecule has 2 saturated carbocycles. The maximum Gasteiger partial charge on any atom is -0.0352 e. The molecule has 5 atom stereocenters. The first-order valence-electron chi connectivity index (χ1n) is 8.11. The van der Waals surface area contributed by atoms with Crippen molar-refractivity contribution in [2.45, 2.75) is 72.6 Å². The molecule has 0 aromatic carbocycles. The summed E-state index contributed by atoms with van der Waals surface area (Å²) in [7, 11) is 0. The van der Waals surface area contributed by atoms with Crippen LogP contribution < -0.4 is 0 Å². The van der Waals surface area contributed by atoms with Gasteiger partial charge in [0.05, 0.1) is 0 Å². The average Bonchev–Trinajstić information content (AvgIpc) is 2.33. The average molecular weight is 236 g/mol. The summed E-state index contributed by atoms with van der Waals surface area (Å²) in [5.41, 5.74) is 0. The van der Waals surface area contributed by atoms with E-state index >= 15 is 0 Å². The van der Waals surface area contributed by atoms with Gasteiger partial charge in [-0.1, -0.05) is 53.4 Å². The predicted molar refractivity (Wildman–Crippen MR) is 76.0 cm³/mol. The Balaban J connectivity index is 2.07. The Bertz CT molecular complexity index is 230. The first-order chi connectivity index (χ1) is 8.11. The molecule has 2 aliphatic rings. The molecule has 0 amide bonds. The molecule has 100 valence electrons. The Hall–Kier alpha value is 0. The minimum atomic E-state index is 0.907. The van der Waals surface area contributed by atoms with Crippen molar-refractivity contribution in [2.75, 3.05) is 0 Å². The summed E-state index contributed by atoms with van der Waals surface area (Å²) in [5.74, 6) is 6.00. The molecule has 2 fully saturated rings. The van der Waals surface area contributed by atoms with Crippen molar-refractivity contribution in [3.05, 3.63) is 0 Å². The normalized spacial score (nSPS) is 43.9. The van der Waals surface area contributed by atoms with Gasteiger partial charge in [0, 0.05) is 0 Å². The van der Waals surface area contributed by atoms with Crippen LogP contribution >= 0.6 is 0 Å². The fraction of sp³-hybridized carbons (Fsp3) is 1.00. The van der Waals surface area contributed by atoms with Gasteiger partial charge in [-0.3, -0.25) is 0 Å². The summed E-state index contributed by atoms with van der Waals surface area (Å²) >= 11 is 0. The van der Waals surface area contributed by atoms with Gasteiger partial charge < -0.3 is 0 Å². The molecule has 0 aliphatic heterocycles. The monoisotopic (exact) mass is 236 g/mol. The zero-order valence-corrected chi connectivity index (χ0v) is 12.4. The molecule has 0 saturated heterocycles. The summed E-state index contributed by atoms with van der Waals surface area (Å²) in [6, 6.07) is 0. The van der Waals surface area contributed by atoms with E-state index in [9.17, 15) is 0 Å². The Morgan fingerprint density at radius 3 is 2.12 bits per heavy atom. The van der Waals surface area contributed by atoms with E-state index in [2.05, 4.69) is 27.7 Å². The number of hydrogen-bond acceptors (Lipinski definition) is 0. The summed E-state index contributed by atoms with van der Waals surface area (Å²) in [6.07, 6.45) is 10.6. The molecule has 0 N–H and O–H groups in total. The second-order valence-corrected chi connectivity index (χ2v) is 7.29. The third kappa shape index (κ3) is 2.88. The fourth-order valence-electron chi connectivity index (χ4n) is 4.77. The topological polar surface area (TPSA) is 0 Å². The highest BCUT2D eigenvalue weighted by atomic mass is 14.4. The first kappa shape index (κ1) is 13.4. The zero-order chi connectivity index (χ0) is 12.4. The smallest absolute Gasteiger partial charge is 0.0352 e. The fourth-order valence-corrected chi connectivity index (χ4v) is 4.77. The third-order valence-corrected chi connectivity index (χ3v) is 6.05. The van der Waals surface area contributed by atoms with E-state index in [-0.39, 0.29) is 0 Å². The van der Waals surface area contributed by atoms with Crippen LogP contribution in [0.15, 0.2) is 0 Å². The molecule has 0 spiro atoms. The predicted octanol–water partition coefficient (Wildman–Crippen LogP) is 5.52. The van der Waals surface area contributed by atoms with Crippen LogP contribution in [0.4, 0.5) is 0 Å². The Labute approximate surface area is 109 Å². The zero-order valence-electron chi connectivity index (χ0n) is 12.4. The van der Waals surface area contributed by atoms with Crippen LogP contribution in [0.1, 0.15) is 72.6 Å². The van der Waals surface area contributed by atoms with E-state index < -0.39 is 0 Å². The molecule has 0 nitrogen and oxygen atoms in total. The van der Waals surface area contributed by atoms with Crippen LogP contribution in [0, 0.1) is 35.5 Å². The second kappa shape index (κ2) is 5.76. The van der Waals surface area contributed by atoms with Gasteiger partial charge in [0.2, 0.25) is 0 Å². The SMILES string of the molecule is CC(C)C1CCCCC1C1CCCC(C)C1C. The van der Waals surface area contributed by atoms with Crippen molar-refractivity contribution in [3.8, 4) is 0 Å². The van der Waals surface area contributed by atoms with Gasteiger partial charge in [-0.15, -0.1) is 0 Å². The van der Waals surface area contributed by atoms with Gasteiger partial charge in [0.15, 0.2) is 0 Å². The summed E-state index contributed by atoms with van der Waals surface area (Å²) in [5, 5.41) is 0. The summed E-state index contributed by atoms with van der Waals surface area (Å²) in [6.45, 7) is 9.95. The Morgan fingerprint density at radius 2 is 1.41 bits per heavy atom. The lowest BCUT2D eigenvalue weighted by Crippen LogP contribution is -2.37. The lowest BCUT2D eigenvalue weighted by molar-refractivity contribution is 0.0431. The molecule has 2 rings (SSSR count). The lowest BCUT2D eigenvalue weighted by atomic mass is 9.60. The highest BCUT2D eigenvalue weighted by Gasteiger charge is 2.38. The largest absolute Gasteiger partial charge is 0.0625 e. The van der Waals surface area contributed by atoms with E-state index in [1.165, 1.54) is 44.9 Å². The van der Waals surface area contributed by atoms with Crippen molar-refractivity contribution >= 4 is 0 Å². The Morgan fingerprint density at radius 1 is 0.765 bits per heavy atom. The molecule has 0 heteroatoms. The minimum Gasteiger partial charge on any atom is -0.0625 e. The molecule has 0 radical (unpaired) electrons. The van der Waals surface area contributed by atoms with E-state index in [1.54, 1.807) is 0 Å². The maximum absolute atomic E-state index is 2.54. The van der Waals surface area contributed by atoms with Crippen molar-refractivity contribution in [3.63, 3.8) is 0 Å². The molecule has 0 heterocycles. The molecule has 0 bridgehead atoms. The van der Waals surface area contributed by atoms with Crippen LogP contribution in [-0.2, 0) is 0 Å². The summed E-state index contributed by atoms with van der Waals surface area (Å²) in [4.78, 5) is 0. The van der Waals surface area contributed by atoms with Crippen molar-refractivity contribution < 1.29 is 0 Å². The highest BCUT2D eigenvalue weighted by molar-refractivity contribution is 4.88. The van der Waals surface area contributed by atoms with Crippen molar-refractivity contribution in [1.82, 2.24) is 0 Å². The van der Waals surface area contributed by atoms with Crippen LogP contribution in [0.25, 0.3) is 0 Å². The lowest BCUT2D eigenvalue weighted by Gasteiger charge is -2.45. The van der Waals surface area contributed by atoms with Crippen LogP contribution in [0.2, 0.25) is 0 Å². The molecule has 2 aliphatic carbocycles. The molecule has 17 heavy (non-hydrogen) atoms. The molecule has 5 unspecified atom stereocenters. The van der Waals surface area contributed by atoms with Crippen molar-refractivity contribution in [2.24, 2.45) is 35.5 Å². The number of hydrogen-bond donors (Lipinski definition) is 0. The first-order valence-corrected chi connectivity index (χ1v) is 8.11. The van der Waals surface area contributed by atoms with Crippen molar-refractivity contribution in [1.29, 1.82) is 0 Å². The minimum absolute atomic E-state index is 0.907.